The van der Waals surface area contributed by atoms with Gasteiger partial charge in [0.25, 0.3) is 0 Å². The van der Waals surface area contributed by atoms with Crippen molar-refractivity contribution in [3.63, 3.8) is 0 Å². The Morgan fingerprint density at radius 3 is 1.46 bits per heavy atom. The van der Waals surface area contributed by atoms with Crippen molar-refractivity contribution in [3.05, 3.63) is 116 Å². The quantitative estimate of drug-likeness (QED) is 0.0692. The van der Waals surface area contributed by atoms with Crippen molar-refractivity contribution in [1.29, 1.82) is 0 Å². The number of piperidine rings is 1. The smallest absolute Gasteiger partial charge is 0.345 e. The van der Waals surface area contributed by atoms with E-state index in [4.69, 9.17) is 14.2 Å². The SMILES string of the molecule is CC(CCC(=O)OC(C)(C)C1CCNCC1)(c1ccc(OC(=O)c2c(I)ccc(I)c2I)cc1)c1ccc(OC(=O)c2c(I)ccc(I)c2I)cc1. The minimum atomic E-state index is -0.635. The van der Waals surface area contributed by atoms with Crippen molar-refractivity contribution in [2.24, 2.45) is 5.92 Å². The highest BCUT2D eigenvalue weighted by Gasteiger charge is 2.36. The van der Waals surface area contributed by atoms with Crippen LogP contribution in [0.2, 0.25) is 0 Å². The largest absolute Gasteiger partial charge is 0.459 e. The van der Waals surface area contributed by atoms with Gasteiger partial charge in [0.2, 0.25) is 0 Å². The molecule has 0 spiro atoms. The highest BCUT2D eigenvalue weighted by Crippen LogP contribution is 2.39. The van der Waals surface area contributed by atoms with E-state index in [1.165, 1.54) is 0 Å². The summed E-state index contributed by atoms with van der Waals surface area (Å²) in [5.41, 5.74) is 1.75. The summed E-state index contributed by atoms with van der Waals surface area (Å²) in [5, 5.41) is 3.38. The molecule has 0 bridgehead atoms. The second-order valence-corrected chi connectivity index (χ2v) is 20.0. The van der Waals surface area contributed by atoms with Gasteiger partial charge in [-0.3, -0.25) is 4.79 Å². The lowest BCUT2D eigenvalue weighted by atomic mass is 9.73. The van der Waals surface area contributed by atoms with Gasteiger partial charge in [-0.1, -0.05) is 31.2 Å². The number of hydrogen-bond acceptors (Lipinski definition) is 7. The topological polar surface area (TPSA) is 90.9 Å². The third kappa shape index (κ3) is 10.3. The Kier molecular flexibility index (Phi) is 15.4. The first-order valence-corrected chi connectivity index (χ1v) is 22.9. The molecule has 0 radical (unpaired) electrons. The fourth-order valence-corrected chi connectivity index (χ4v) is 10.9. The number of rotatable bonds is 11. The molecule has 0 unspecified atom stereocenters. The molecule has 0 aliphatic carbocycles. The van der Waals surface area contributed by atoms with E-state index < -0.39 is 23.0 Å². The molecule has 0 amide bonds. The molecule has 4 aromatic carbocycles. The maximum Gasteiger partial charge on any atom is 0.345 e. The third-order valence-electron chi connectivity index (χ3n) is 9.43. The maximum absolute atomic E-state index is 13.4. The van der Waals surface area contributed by atoms with Gasteiger partial charge in [0.05, 0.1) is 11.1 Å². The molecule has 5 rings (SSSR count). The molecule has 7 nitrogen and oxygen atoms in total. The van der Waals surface area contributed by atoms with Crippen LogP contribution in [-0.2, 0) is 14.9 Å². The first-order chi connectivity index (χ1) is 24.6. The van der Waals surface area contributed by atoms with E-state index in [-0.39, 0.29) is 12.4 Å². The van der Waals surface area contributed by atoms with Gasteiger partial charge in [0.1, 0.15) is 17.1 Å². The first kappa shape index (κ1) is 42.8. The second-order valence-electron chi connectivity index (χ2n) is 13.2. The molecular weight excluding hydrogens is 1340 g/mol. The third-order valence-corrected chi connectivity index (χ3v) is 17.3. The van der Waals surface area contributed by atoms with Crippen molar-refractivity contribution < 1.29 is 28.6 Å². The lowest BCUT2D eigenvalue weighted by Gasteiger charge is -2.37. The van der Waals surface area contributed by atoms with Crippen LogP contribution in [0.1, 0.15) is 78.3 Å². The molecule has 4 aromatic rings. The van der Waals surface area contributed by atoms with Crippen LogP contribution >= 0.6 is 136 Å². The zero-order valence-electron chi connectivity index (χ0n) is 28.5. The summed E-state index contributed by atoms with van der Waals surface area (Å²) in [6.45, 7) is 7.96. The van der Waals surface area contributed by atoms with Gasteiger partial charge in [-0.05, 0) is 241 Å². The fraction of sp³-hybridized carbons (Fsp3) is 0.308. The number of ether oxygens (including phenoxy) is 3. The van der Waals surface area contributed by atoms with E-state index in [1.807, 2.05) is 62.4 Å². The van der Waals surface area contributed by atoms with E-state index in [2.05, 4.69) is 148 Å². The Balaban J connectivity index is 1.39. The van der Waals surface area contributed by atoms with Gasteiger partial charge < -0.3 is 19.5 Å². The number of carbonyl (C=O) groups excluding carboxylic acids is 3. The van der Waals surface area contributed by atoms with E-state index in [0.717, 1.165) is 58.5 Å². The number of esters is 3. The van der Waals surface area contributed by atoms with Crippen LogP contribution in [0.4, 0.5) is 0 Å². The Bertz CT molecular complexity index is 1840. The minimum Gasteiger partial charge on any atom is -0.459 e. The summed E-state index contributed by atoms with van der Waals surface area (Å²) >= 11 is 13.1. The maximum atomic E-state index is 13.4. The van der Waals surface area contributed by atoms with Crippen LogP contribution in [-0.4, -0.2) is 36.6 Å². The lowest BCUT2D eigenvalue weighted by Crippen LogP contribution is -2.43. The Morgan fingerprint density at radius 2 is 1.04 bits per heavy atom. The van der Waals surface area contributed by atoms with Gasteiger partial charge in [-0.15, -0.1) is 0 Å². The molecule has 52 heavy (non-hydrogen) atoms. The van der Waals surface area contributed by atoms with Crippen molar-refractivity contribution in [1.82, 2.24) is 5.32 Å². The number of nitrogens with one attached hydrogen (secondary N) is 1. The summed E-state index contributed by atoms with van der Waals surface area (Å²) in [6.07, 6.45) is 2.60. The average molecular weight is 1380 g/mol. The van der Waals surface area contributed by atoms with Crippen molar-refractivity contribution >= 4 is 153 Å². The van der Waals surface area contributed by atoms with E-state index in [0.29, 0.717) is 35.0 Å². The average Bonchev–Trinajstić information content (AvgIpc) is 3.11. The van der Waals surface area contributed by atoms with Crippen LogP contribution in [0.5, 0.6) is 11.5 Å². The predicted octanol–water partition coefficient (Wildman–Crippen LogP) is 11.2. The van der Waals surface area contributed by atoms with Crippen LogP contribution in [0, 0.1) is 27.3 Å². The Hall–Kier alpha value is -0.370. The summed E-state index contributed by atoms with van der Waals surface area (Å²) in [5.74, 6) is 0.0718. The highest BCUT2D eigenvalue weighted by atomic mass is 127. The molecule has 0 saturated carbocycles. The second kappa shape index (κ2) is 18.7. The molecule has 13 heteroatoms. The number of halogens is 6. The van der Waals surface area contributed by atoms with Crippen molar-refractivity contribution in [3.8, 4) is 11.5 Å². The standard InChI is InChI=1S/C39H35I6NO6/c1-38(2,22-17-20-46-21-18-22)52-31(47)16-19-39(3,23-4-8-25(9-5-23)50-36(48)32-27(40)12-14-29(42)34(32)44)24-6-10-26(11-7-24)51-37(49)33-28(41)13-15-30(43)35(33)45/h4-15,22,46H,16-21H2,1-3H3. The van der Waals surface area contributed by atoms with Crippen molar-refractivity contribution in [2.75, 3.05) is 13.1 Å². The van der Waals surface area contributed by atoms with Crippen molar-refractivity contribution in [2.45, 2.75) is 57.5 Å². The van der Waals surface area contributed by atoms with Crippen LogP contribution in [0.15, 0.2) is 72.8 Å². The van der Waals surface area contributed by atoms with Gasteiger partial charge >= 0.3 is 17.9 Å². The molecule has 1 saturated heterocycles. The molecule has 0 atom stereocenters. The Morgan fingerprint density at radius 1 is 0.635 bits per heavy atom. The molecule has 1 fully saturated rings. The summed E-state index contributed by atoms with van der Waals surface area (Å²) in [4.78, 5) is 39.9. The molecule has 1 N–H and O–H groups in total. The lowest BCUT2D eigenvalue weighted by molar-refractivity contribution is -0.163. The van der Waals surface area contributed by atoms with Crippen LogP contribution in [0.25, 0.3) is 0 Å². The highest BCUT2D eigenvalue weighted by molar-refractivity contribution is 14.1. The molecule has 1 aliphatic rings. The number of benzene rings is 4. The fourth-order valence-electron chi connectivity index (χ4n) is 6.28. The molecule has 274 valence electrons. The zero-order chi connectivity index (χ0) is 37.8. The van der Waals surface area contributed by atoms with Gasteiger partial charge in [0.15, 0.2) is 0 Å². The van der Waals surface area contributed by atoms with Gasteiger partial charge in [0, 0.05) is 39.2 Å². The summed E-state index contributed by atoms with van der Waals surface area (Å²) in [7, 11) is 0. The first-order valence-electron chi connectivity index (χ1n) is 16.5. The number of hydrogen-bond donors (Lipinski definition) is 1. The van der Waals surface area contributed by atoms with Gasteiger partial charge in [-0.2, -0.15) is 0 Å². The molecule has 1 aliphatic heterocycles. The van der Waals surface area contributed by atoms with E-state index in [9.17, 15) is 14.4 Å². The van der Waals surface area contributed by atoms with E-state index >= 15 is 0 Å². The molecule has 1 heterocycles. The zero-order valence-corrected chi connectivity index (χ0v) is 41.4. The minimum absolute atomic E-state index is 0.200. The van der Waals surface area contributed by atoms with Gasteiger partial charge in [-0.25, -0.2) is 9.59 Å². The Labute approximate surface area is 386 Å². The predicted molar refractivity (Wildman–Crippen MR) is 253 cm³/mol. The number of carbonyl (C=O) groups is 3. The van der Waals surface area contributed by atoms with Crippen LogP contribution in [0.3, 0.4) is 0 Å². The summed E-state index contributed by atoms with van der Waals surface area (Å²) in [6, 6.07) is 22.7. The summed E-state index contributed by atoms with van der Waals surface area (Å²) < 4.78 is 23.1. The van der Waals surface area contributed by atoms with E-state index in [1.54, 1.807) is 24.3 Å². The normalized spacial score (nSPS) is 13.8. The molecular formula is C39H35I6NO6. The van der Waals surface area contributed by atoms with Crippen LogP contribution < -0.4 is 14.8 Å². The molecule has 0 aromatic heterocycles. The monoisotopic (exact) mass is 1370 g/mol.